The van der Waals surface area contributed by atoms with Crippen LogP contribution in [-0.2, 0) is 4.84 Å². The number of hydroxylamine groups is 1. The van der Waals surface area contributed by atoms with Crippen molar-refractivity contribution in [3.8, 4) is 0 Å². The Morgan fingerprint density at radius 2 is 2.46 bits per heavy atom. The lowest BCUT2D eigenvalue weighted by molar-refractivity contribution is 0.166. The van der Waals surface area contributed by atoms with Crippen LogP contribution in [-0.4, -0.2) is 18.1 Å². The Labute approximate surface area is 81.2 Å². The van der Waals surface area contributed by atoms with Gasteiger partial charge in [-0.2, -0.15) is 0 Å². The van der Waals surface area contributed by atoms with E-state index in [1.807, 2.05) is 0 Å². The zero-order chi connectivity index (χ0) is 9.26. The van der Waals surface area contributed by atoms with Gasteiger partial charge in [-0.05, 0) is 12.5 Å². The summed E-state index contributed by atoms with van der Waals surface area (Å²) in [5.74, 6) is 0.655. The van der Waals surface area contributed by atoms with Crippen LogP contribution < -0.4 is 10.8 Å². The van der Waals surface area contributed by atoms with Gasteiger partial charge < -0.3 is 5.73 Å². The number of aromatic nitrogens is 1. The molecule has 0 radical (unpaired) electrons. The lowest BCUT2D eigenvalue weighted by atomic mass is 10.4. The molecule has 0 amide bonds. The summed E-state index contributed by atoms with van der Waals surface area (Å²) in [4.78, 5) is 9.41. The molecule has 13 heavy (non-hydrogen) atoms. The number of hydrogen-bond donors (Lipinski definition) is 1. The molecule has 1 aromatic rings. The zero-order valence-electron chi connectivity index (χ0n) is 7.03. The first-order chi connectivity index (χ1) is 6.27. The Bertz CT molecular complexity index is 312. The Hall–Kier alpha value is -1.00. The number of pyridine rings is 1. The van der Waals surface area contributed by atoms with E-state index in [2.05, 4.69) is 4.98 Å². The molecule has 1 aliphatic heterocycles. The first-order valence-corrected chi connectivity index (χ1v) is 4.46. The monoisotopic (exact) mass is 199 g/mol. The van der Waals surface area contributed by atoms with E-state index < -0.39 is 0 Å². The van der Waals surface area contributed by atoms with E-state index in [-0.39, 0.29) is 0 Å². The largest absolute Gasteiger partial charge is 0.396 e. The third-order valence-corrected chi connectivity index (χ3v) is 2.06. The number of nitrogen functional groups attached to an aromatic ring is 1. The number of hydrogen-bond acceptors (Lipinski definition) is 4. The number of anilines is 2. The molecule has 1 saturated heterocycles. The molecule has 70 valence electrons. The van der Waals surface area contributed by atoms with Crippen LogP contribution in [0.25, 0.3) is 0 Å². The summed E-state index contributed by atoms with van der Waals surface area (Å²) in [5, 5.41) is 2.24. The van der Waals surface area contributed by atoms with Crippen LogP contribution in [0.2, 0.25) is 5.02 Å². The van der Waals surface area contributed by atoms with Crippen LogP contribution in [0, 0.1) is 0 Å². The van der Waals surface area contributed by atoms with Crippen molar-refractivity contribution in [2.45, 2.75) is 6.42 Å². The van der Waals surface area contributed by atoms with Crippen LogP contribution in [0.4, 0.5) is 11.5 Å². The highest BCUT2D eigenvalue weighted by atomic mass is 35.5. The minimum atomic E-state index is 0.542. The molecule has 5 heteroatoms. The van der Waals surface area contributed by atoms with E-state index in [1.54, 1.807) is 17.3 Å². The van der Waals surface area contributed by atoms with Crippen molar-refractivity contribution in [1.82, 2.24) is 4.98 Å². The number of rotatable bonds is 1. The smallest absolute Gasteiger partial charge is 0.175 e. The van der Waals surface area contributed by atoms with Crippen molar-refractivity contribution >= 4 is 23.1 Å². The van der Waals surface area contributed by atoms with Crippen molar-refractivity contribution in [3.63, 3.8) is 0 Å². The van der Waals surface area contributed by atoms with Crippen molar-refractivity contribution in [3.05, 3.63) is 17.3 Å². The lowest BCUT2D eigenvalue weighted by Crippen LogP contribution is -2.18. The molecule has 1 fully saturated rings. The summed E-state index contributed by atoms with van der Waals surface area (Å²) in [6, 6.07) is 1.67. The molecule has 1 aromatic heterocycles. The number of nitrogens with zero attached hydrogens (tertiary/aromatic N) is 2. The highest BCUT2D eigenvalue weighted by Gasteiger charge is 2.17. The molecular weight excluding hydrogens is 190 g/mol. The highest BCUT2D eigenvalue weighted by molar-refractivity contribution is 6.30. The molecule has 0 aromatic carbocycles. The molecule has 0 bridgehead atoms. The van der Waals surface area contributed by atoms with Crippen molar-refractivity contribution in [2.24, 2.45) is 0 Å². The normalized spacial score (nSPS) is 16.5. The van der Waals surface area contributed by atoms with Gasteiger partial charge in [0.05, 0.1) is 17.3 Å². The van der Waals surface area contributed by atoms with E-state index in [0.717, 1.165) is 19.6 Å². The van der Waals surface area contributed by atoms with Gasteiger partial charge in [0, 0.05) is 12.7 Å². The molecule has 0 spiro atoms. The number of halogens is 1. The molecule has 2 rings (SSSR count). The van der Waals surface area contributed by atoms with Crippen LogP contribution in [0.5, 0.6) is 0 Å². The second-order valence-corrected chi connectivity index (χ2v) is 3.29. The van der Waals surface area contributed by atoms with Gasteiger partial charge in [0.1, 0.15) is 0 Å². The van der Waals surface area contributed by atoms with Gasteiger partial charge in [-0.15, -0.1) is 0 Å². The summed E-state index contributed by atoms with van der Waals surface area (Å²) < 4.78 is 0. The average Bonchev–Trinajstić information content (AvgIpc) is 2.56. The highest BCUT2D eigenvalue weighted by Crippen LogP contribution is 2.25. The van der Waals surface area contributed by atoms with E-state index in [1.165, 1.54) is 0 Å². The molecule has 2 N–H and O–H groups in total. The number of nitrogens with two attached hydrogens (primary N) is 1. The Morgan fingerprint density at radius 1 is 1.62 bits per heavy atom. The van der Waals surface area contributed by atoms with Crippen molar-refractivity contribution < 1.29 is 4.84 Å². The first-order valence-electron chi connectivity index (χ1n) is 4.09. The minimum Gasteiger partial charge on any atom is -0.396 e. The fourth-order valence-corrected chi connectivity index (χ4v) is 1.44. The Morgan fingerprint density at radius 3 is 3.08 bits per heavy atom. The van der Waals surface area contributed by atoms with Gasteiger partial charge in [0.15, 0.2) is 5.82 Å². The molecule has 0 atom stereocenters. The summed E-state index contributed by atoms with van der Waals surface area (Å²) in [5.41, 5.74) is 6.28. The fraction of sp³-hybridized carbons (Fsp3) is 0.375. The maximum absolute atomic E-state index is 5.73. The minimum absolute atomic E-state index is 0.542. The summed E-state index contributed by atoms with van der Waals surface area (Å²) in [6.45, 7) is 1.56. The third-order valence-electron chi connectivity index (χ3n) is 1.85. The molecule has 1 aliphatic rings. The van der Waals surface area contributed by atoms with Gasteiger partial charge in [-0.3, -0.25) is 4.84 Å². The Kier molecular flexibility index (Phi) is 2.24. The maximum Gasteiger partial charge on any atom is 0.175 e. The van der Waals surface area contributed by atoms with Gasteiger partial charge in [0.25, 0.3) is 0 Å². The van der Waals surface area contributed by atoms with Crippen LogP contribution in [0.1, 0.15) is 6.42 Å². The summed E-state index contributed by atoms with van der Waals surface area (Å²) in [7, 11) is 0. The fourth-order valence-electron chi connectivity index (χ4n) is 1.27. The molecule has 0 saturated carbocycles. The second kappa shape index (κ2) is 3.40. The second-order valence-electron chi connectivity index (χ2n) is 2.86. The predicted octanol–water partition coefficient (Wildman–Crippen LogP) is 1.46. The third kappa shape index (κ3) is 1.68. The molecule has 2 heterocycles. The standard InChI is InChI=1S/C8H10ClN3O/c9-6-4-7(10)8(11-5-6)12-2-1-3-13-12/h4-5H,1-3,10H2. The quantitative estimate of drug-likeness (QED) is 0.744. The van der Waals surface area contributed by atoms with Gasteiger partial charge in [-0.1, -0.05) is 11.6 Å². The first kappa shape index (κ1) is 8.59. The molecule has 0 unspecified atom stereocenters. The lowest BCUT2D eigenvalue weighted by Gasteiger charge is -2.16. The van der Waals surface area contributed by atoms with Crippen molar-refractivity contribution in [2.75, 3.05) is 23.9 Å². The molecule has 0 aliphatic carbocycles. The van der Waals surface area contributed by atoms with Crippen LogP contribution in [0.15, 0.2) is 12.3 Å². The summed E-state index contributed by atoms with van der Waals surface area (Å²) in [6.07, 6.45) is 2.57. The Balaban J connectivity index is 2.29. The summed E-state index contributed by atoms with van der Waals surface area (Å²) >= 11 is 5.72. The van der Waals surface area contributed by atoms with Gasteiger partial charge in [-0.25, -0.2) is 10.0 Å². The zero-order valence-corrected chi connectivity index (χ0v) is 7.79. The van der Waals surface area contributed by atoms with Crippen LogP contribution in [0.3, 0.4) is 0 Å². The topological polar surface area (TPSA) is 51.4 Å². The van der Waals surface area contributed by atoms with E-state index in [4.69, 9.17) is 22.2 Å². The SMILES string of the molecule is Nc1cc(Cl)cnc1N1CCCO1. The van der Waals surface area contributed by atoms with Gasteiger partial charge >= 0.3 is 0 Å². The van der Waals surface area contributed by atoms with Crippen molar-refractivity contribution in [1.29, 1.82) is 0 Å². The van der Waals surface area contributed by atoms with E-state index in [9.17, 15) is 0 Å². The van der Waals surface area contributed by atoms with Gasteiger partial charge in [0.2, 0.25) is 0 Å². The maximum atomic E-state index is 5.73. The molecular formula is C8H10ClN3O. The average molecular weight is 200 g/mol. The predicted molar refractivity (Wildman–Crippen MR) is 51.6 cm³/mol. The molecule has 4 nitrogen and oxygen atoms in total. The van der Waals surface area contributed by atoms with Crippen LogP contribution >= 0.6 is 11.6 Å². The van der Waals surface area contributed by atoms with E-state index in [0.29, 0.717) is 16.5 Å². The van der Waals surface area contributed by atoms with E-state index >= 15 is 0 Å².